The number of rotatable bonds is 7. The van der Waals surface area contributed by atoms with Gasteiger partial charge in [0.05, 0.1) is 11.8 Å². The fraction of sp³-hybridized carbons (Fsp3) is 0.182. The average molecular weight is 390 g/mol. The van der Waals surface area contributed by atoms with Gasteiger partial charge in [-0.3, -0.25) is 14.6 Å². The Labute approximate surface area is 169 Å². The number of carbonyl (C=O) groups excluding carboxylic acids is 2. The second kappa shape index (κ2) is 9.45. The van der Waals surface area contributed by atoms with E-state index in [9.17, 15) is 9.59 Å². The molecular weight excluding hydrogens is 368 g/mol. The van der Waals surface area contributed by atoms with Gasteiger partial charge >= 0.3 is 0 Å². The highest BCUT2D eigenvalue weighted by atomic mass is 16.5. The molecule has 0 saturated heterocycles. The van der Waals surface area contributed by atoms with E-state index in [1.165, 1.54) is 0 Å². The predicted octanol–water partition coefficient (Wildman–Crippen LogP) is 3.45. The lowest BCUT2D eigenvalue weighted by molar-refractivity contribution is 0.0945. The van der Waals surface area contributed by atoms with Gasteiger partial charge in [-0.15, -0.1) is 0 Å². The molecule has 7 heteroatoms. The number of carbonyl (C=O) groups is 2. The third-order valence-corrected chi connectivity index (χ3v) is 3.89. The third kappa shape index (κ3) is 5.62. The van der Waals surface area contributed by atoms with Crippen LogP contribution in [0, 0.1) is 0 Å². The summed E-state index contributed by atoms with van der Waals surface area (Å²) in [7, 11) is 0. The largest absolute Gasteiger partial charge is 0.489 e. The third-order valence-electron chi connectivity index (χ3n) is 3.89. The van der Waals surface area contributed by atoms with E-state index in [4.69, 9.17) is 4.74 Å². The lowest BCUT2D eigenvalue weighted by atomic mass is 10.2. The number of benzene rings is 1. The molecule has 0 saturated carbocycles. The average Bonchev–Trinajstić information content (AvgIpc) is 2.74. The van der Waals surface area contributed by atoms with Crippen LogP contribution in [0.3, 0.4) is 0 Å². The topological polar surface area (TPSA) is 93.2 Å². The van der Waals surface area contributed by atoms with Crippen molar-refractivity contribution in [3.8, 4) is 5.75 Å². The summed E-state index contributed by atoms with van der Waals surface area (Å²) in [5, 5.41) is 5.56. The molecule has 0 atom stereocenters. The van der Waals surface area contributed by atoms with Crippen molar-refractivity contribution in [1.29, 1.82) is 0 Å². The monoisotopic (exact) mass is 390 g/mol. The molecule has 3 aromatic rings. The van der Waals surface area contributed by atoms with E-state index in [0.717, 1.165) is 5.56 Å². The highest BCUT2D eigenvalue weighted by molar-refractivity contribution is 6.04. The van der Waals surface area contributed by atoms with Gasteiger partial charge in [0.15, 0.2) is 0 Å². The first-order valence-corrected chi connectivity index (χ1v) is 9.24. The van der Waals surface area contributed by atoms with Crippen molar-refractivity contribution < 1.29 is 14.3 Å². The van der Waals surface area contributed by atoms with Crippen molar-refractivity contribution in [1.82, 2.24) is 15.3 Å². The molecule has 0 spiro atoms. The van der Waals surface area contributed by atoms with Crippen LogP contribution in [0.25, 0.3) is 0 Å². The van der Waals surface area contributed by atoms with Gasteiger partial charge in [-0.25, -0.2) is 4.98 Å². The Kier molecular flexibility index (Phi) is 6.52. The molecule has 0 aliphatic carbocycles. The zero-order valence-corrected chi connectivity index (χ0v) is 16.3. The molecule has 0 aliphatic heterocycles. The van der Waals surface area contributed by atoms with Crippen LogP contribution < -0.4 is 15.4 Å². The van der Waals surface area contributed by atoms with Gasteiger partial charge < -0.3 is 15.4 Å². The lowest BCUT2D eigenvalue weighted by Crippen LogP contribution is -2.25. The second-order valence-electron chi connectivity index (χ2n) is 6.57. The van der Waals surface area contributed by atoms with Crippen molar-refractivity contribution in [2.45, 2.75) is 26.5 Å². The zero-order chi connectivity index (χ0) is 20.6. The van der Waals surface area contributed by atoms with Gasteiger partial charge in [-0.05, 0) is 49.7 Å². The molecule has 1 aromatic carbocycles. The highest BCUT2D eigenvalue weighted by Crippen LogP contribution is 2.25. The molecular formula is C22H22N4O3. The standard InChI is InChI=1S/C22H22N4O3/c1-15(2)29-20-11-4-3-8-17(20)26-22(28)19-10-5-9-18(25-19)21(27)24-14-16-7-6-12-23-13-16/h3-13,15H,14H2,1-2H3,(H,24,27)(H,26,28). The molecule has 148 valence electrons. The Morgan fingerprint density at radius 3 is 2.45 bits per heavy atom. The Hall–Kier alpha value is -3.74. The molecule has 0 bridgehead atoms. The first-order chi connectivity index (χ1) is 14.0. The quantitative estimate of drug-likeness (QED) is 0.645. The summed E-state index contributed by atoms with van der Waals surface area (Å²) in [5.41, 5.74) is 1.71. The molecule has 3 rings (SSSR count). The minimum absolute atomic E-state index is 0.0296. The summed E-state index contributed by atoms with van der Waals surface area (Å²) in [6.07, 6.45) is 3.31. The first-order valence-electron chi connectivity index (χ1n) is 9.24. The van der Waals surface area contributed by atoms with Gasteiger partial charge in [0.2, 0.25) is 0 Å². The summed E-state index contributed by atoms with van der Waals surface area (Å²) in [4.78, 5) is 33.2. The van der Waals surface area contributed by atoms with E-state index in [1.807, 2.05) is 26.0 Å². The maximum absolute atomic E-state index is 12.6. The molecule has 0 radical (unpaired) electrons. The fourth-order valence-corrected chi connectivity index (χ4v) is 2.58. The highest BCUT2D eigenvalue weighted by Gasteiger charge is 2.14. The van der Waals surface area contributed by atoms with Crippen molar-refractivity contribution in [2.75, 3.05) is 5.32 Å². The number of hydrogen-bond donors (Lipinski definition) is 2. The molecule has 0 unspecified atom stereocenters. The van der Waals surface area contributed by atoms with Crippen LogP contribution in [0.2, 0.25) is 0 Å². The smallest absolute Gasteiger partial charge is 0.274 e. The van der Waals surface area contributed by atoms with Crippen molar-refractivity contribution in [3.05, 3.63) is 83.9 Å². The Morgan fingerprint density at radius 2 is 1.72 bits per heavy atom. The van der Waals surface area contributed by atoms with E-state index in [-0.39, 0.29) is 23.4 Å². The number of anilines is 1. The van der Waals surface area contributed by atoms with Crippen LogP contribution >= 0.6 is 0 Å². The van der Waals surface area contributed by atoms with Crippen LogP contribution in [-0.4, -0.2) is 27.9 Å². The van der Waals surface area contributed by atoms with Crippen LogP contribution in [0.1, 0.15) is 40.4 Å². The summed E-state index contributed by atoms with van der Waals surface area (Å²) in [5.74, 6) is -0.222. The number of para-hydroxylation sites is 2. The number of pyridine rings is 2. The van der Waals surface area contributed by atoms with E-state index < -0.39 is 5.91 Å². The van der Waals surface area contributed by atoms with Gasteiger partial charge in [-0.2, -0.15) is 0 Å². The van der Waals surface area contributed by atoms with Crippen molar-refractivity contribution in [3.63, 3.8) is 0 Å². The lowest BCUT2D eigenvalue weighted by Gasteiger charge is -2.14. The van der Waals surface area contributed by atoms with Gasteiger partial charge in [0, 0.05) is 18.9 Å². The SMILES string of the molecule is CC(C)Oc1ccccc1NC(=O)c1cccc(C(=O)NCc2cccnc2)n1. The summed E-state index contributed by atoms with van der Waals surface area (Å²) >= 11 is 0. The number of nitrogens with zero attached hydrogens (tertiary/aromatic N) is 2. The number of ether oxygens (including phenoxy) is 1. The molecule has 0 fully saturated rings. The van der Waals surface area contributed by atoms with E-state index >= 15 is 0 Å². The van der Waals surface area contributed by atoms with Crippen LogP contribution in [0.15, 0.2) is 67.0 Å². The van der Waals surface area contributed by atoms with Gasteiger partial charge in [0.1, 0.15) is 17.1 Å². The van der Waals surface area contributed by atoms with E-state index in [1.54, 1.807) is 54.9 Å². The Balaban J connectivity index is 1.69. The van der Waals surface area contributed by atoms with Gasteiger partial charge in [0.25, 0.3) is 11.8 Å². The maximum atomic E-state index is 12.6. The summed E-state index contributed by atoms with van der Waals surface area (Å²) < 4.78 is 5.71. The molecule has 0 aliphatic rings. The fourth-order valence-electron chi connectivity index (χ4n) is 2.58. The molecule has 29 heavy (non-hydrogen) atoms. The van der Waals surface area contributed by atoms with Crippen molar-refractivity contribution in [2.24, 2.45) is 0 Å². The van der Waals surface area contributed by atoms with E-state index in [2.05, 4.69) is 20.6 Å². The van der Waals surface area contributed by atoms with E-state index in [0.29, 0.717) is 18.0 Å². The zero-order valence-electron chi connectivity index (χ0n) is 16.3. The summed E-state index contributed by atoms with van der Waals surface area (Å²) in [6.45, 7) is 4.15. The summed E-state index contributed by atoms with van der Waals surface area (Å²) in [6, 6.07) is 15.6. The Bertz CT molecular complexity index is 990. The molecule has 7 nitrogen and oxygen atoms in total. The van der Waals surface area contributed by atoms with Gasteiger partial charge in [-0.1, -0.05) is 24.3 Å². The maximum Gasteiger partial charge on any atom is 0.274 e. The van der Waals surface area contributed by atoms with Crippen molar-refractivity contribution >= 4 is 17.5 Å². The number of nitrogens with one attached hydrogen (secondary N) is 2. The van der Waals surface area contributed by atoms with Crippen LogP contribution in [-0.2, 0) is 6.54 Å². The predicted molar refractivity (Wildman–Crippen MR) is 110 cm³/mol. The molecule has 2 N–H and O–H groups in total. The molecule has 2 amide bonds. The van der Waals surface area contributed by atoms with Crippen LogP contribution in [0.5, 0.6) is 5.75 Å². The number of hydrogen-bond acceptors (Lipinski definition) is 5. The van der Waals surface area contributed by atoms with Crippen LogP contribution in [0.4, 0.5) is 5.69 Å². The molecule has 2 heterocycles. The number of amides is 2. The normalized spacial score (nSPS) is 10.4. The molecule has 2 aromatic heterocycles. The first kappa shape index (κ1) is 20.0. The Morgan fingerprint density at radius 1 is 0.966 bits per heavy atom. The minimum atomic E-state index is -0.424. The number of aromatic nitrogens is 2. The second-order valence-corrected chi connectivity index (χ2v) is 6.57. The minimum Gasteiger partial charge on any atom is -0.489 e.